The summed E-state index contributed by atoms with van der Waals surface area (Å²) in [5.74, 6) is 0.116. The lowest BCUT2D eigenvalue weighted by molar-refractivity contribution is -0.141. The molecule has 0 radical (unpaired) electrons. The lowest BCUT2D eigenvalue weighted by Crippen LogP contribution is -2.40. The van der Waals surface area contributed by atoms with Crippen LogP contribution in [0.4, 0.5) is 13.2 Å². The Balaban J connectivity index is 2.35. The van der Waals surface area contributed by atoms with Crippen LogP contribution in [0.5, 0.6) is 0 Å². The topological polar surface area (TPSA) is 43.6 Å². The Morgan fingerprint density at radius 3 is 2.08 bits per heavy atom. The largest absolute Gasteiger partial charge is 0.433 e. The molecule has 0 aromatic carbocycles. The molecule has 9 heteroatoms. The number of halogens is 3. The second-order valence-corrected chi connectivity index (χ2v) is 15.9. The van der Waals surface area contributed by atoms with E-state index in [9.17, 15) is 13.2 Å². The van der Waals surface area contributed by atoms with Crippen LogP contribution in [0.15, 0.2) is 29.7 Å². The van der Waals surface area contributed by atoms with Gasteiger partial charge in [-0.25, -0.2) is 14.6 Å². The molecule has 144 valence electrons. The van der Waals surface area contributed by atoms with Gasteiger partial charge in [-0.15, -0.1) is 11.2 Å². The molecule has 0 spiro atoms. The first-order chi connectivity index (χ1) is 12.0. The van der Waals surface area contributed by atoms with Gasteiger partial charge in [0.2, 0.25) is 0 Å². The summed E-state index contributed by atoms with van der Waals surface area (Å²) in [4.78, 5) is 8.20. The van der Waals surface area contributed by atoms with E-state index < -0.39 is 19.1 Å². The average molecular weight is 403 g/mol. The van der Waals surface area contributed by atoms with Crippen molar-refractivity contribution in [3.63, 3.8) is 0 Å². The SMILES string of the molecule is CC(C)[Si](Sc1cnn(-c2cc(C(F)(F)F)ncn2)c1)(C(C)C)C(C)C. The zero-order valence-corrected chi connectivity index (χ0v) is 17.7. The minimum absolute atomic E-state index is 0.116. The van der Waals surface area contributed by atoms with Crippen LogP contribution in [0.1, 0.15) is 47.2 Å². The van der Waals surface area contributed by atoms with Crippen molar-refractivity contribution in [2.24, 2.45) is 0 Å². The predicted octanol–water partition coefficient (Wildman–Crippen LogP) is 5.95. The Kier molecular flexibility index (Phi) is 6.22. The molecular formula is C17H25F3N4SSi. The van der Waals surface area contributed by atoms with Gasteiger partial charge >= 0.3 is 6.18 Å². The first-order valence-corrected chi connectivity index (χ1v) is 12.4. The third kappa shape index (κ3) is 4.14. The molecule has 0 unspecified atom stereocenters. The van der Waals surface area contributed by atoms with Crippen molar-refractivity contribution in [1.82, 2.24) is 19.7 Å². The van der Waals surface area contributed by atoms with Crippen molar-refractivity contribution in [3.8, 4) is 5.82 Å². The van der Waals surface area contributed by atoms with Gasteiger partial charge in [-0.2, -0.15) is 18.3 Å². The van der Waals surface area contributed by atoms with Crippen LogP contribution in [0.2, 0.25) is 16.6 Å². The molecule has 0 fully saturated rings. The number of hydrogen-bond acceptors (Lipinski definition) is 4. The molecule has 0 saturated heterocycles. The Hall–Kier alpha value is -1.35. The molecule has 0 bridgehead atoms. The van der Waals surface area contributed by atoms with Crippen molar-refractivity contribution in [2.45, 2.75) is 69.2 Å². The molecular weight excluding hydrogens is 377 g/mol. The summed E-state index contributed by atoms with van der Waals surface area (Å²) in [6.07, 6.45) is -0.101. The van der Waals surface area contributed by atoms with Crippen LogP contribution in [0.3, 0.4) is 0 Å². The summed E-state index contributed by atoms with van der Waals surface area (Å²) >= 11 is 1.88. The maximum atomic E-state index is 12.9. The third-order valence-corrected chi connectivity index (χ3v) is 17.0. The summed E-state index contributed by atoms with van der Waals surface area (Å²) in [5.41, 5.74) is 0.715. The Morgan fingerprint density at radius 2 is 1.58 bits per heavy atom. The minimum atomic E-state index is -4.50. The molecule has 0 aliphatic carbocycles. The van der Waals surface area contributed by atoms with Gasteiger partial charge in [-0.05, 0) is 16.6 Å². The zero-order chi connectivity index (χ0) is 19.7. The van der Waals surface area contributed by atoms with E-state index in [1.54, 1.807) is 12.4 Å². The van der Waals surface area contributed by atoms with Crippen LogP contribution in [-0.4, -0.2) is 27.0 Å². The van der Waals surface area contributed by atoms with E-state index in [4.69, 9.17) is 0 Å². The maximum absolute atomic E-state index is 12.9. The van der Waals surface area contributed by atoms with Gasteiger partial charge in [0.15, 0.2) is 5.82 Å². The monoisotopic (exact) mass is 402 g/mol. The highest BCUT2D eigenvalue weighted by molar-refractivity contribution is 8.29. The first-order valence-electron chi connectivity index (χ1n) is 8.61. The lowest BCUT2D eigenvalue weighted by atomic mass is 10.4. The van der Waals surface area contributed by atoms with Crippen LogP contribution < -0.4 is 0 Å². The molecule has 0 aliphatic rings. The van der Waals surface area contributed by atoms with Gasteiger partial charge in [0.1, 0.15) is 19.2 Å². The van der Waals surface area contributed by atoms with Crippen LogP contribution in [0.25, 0.3) is 5.82 Å². The second-order valence-electron chi connectivity index (χ2n) is 7.30. The number of alkyl halides is 3. The molecule has 0 atom stereocenters. The fraction of sp³-hybridized carbons (Fsp3) is 0.588. The standard InChI is InChI=1S/C17H25F3N4SSi/c1-11(2)26(12(3)4,13(5)6)25-14-8-23-24(9-14)16-7-15(17(18,19)20)21-10-22-16/h7-13H,1-6H3. The van der Waals surface area contributed by atoms with Crippen molar-refractivity contribution >= 4 is 18.4 Å². The molecule has 0 aliphatic heterocycles. The smallest absolute Gasteiger partial charge is 0.232 e. The zero-order valence-electron chi connectivity index (χ0n) is 15.9. The van der Waals surface area contributed by atoms with Gasteiger partial charge in [0.25, 0.3) is 0 Å². The highest BCUT2D eigenvalue weighted by Crippen LogP contribution is 2.51. The van der Waals surface area contributed by atoms with Crippen molar-refractivity contribution in [3.05, 3.63) is 30.5 Å². The number of rotatable bonds is 6. The normalized spacial score (nSPS) is 13.2. The molecule has 0 N–H and O–H groups in total. The summed E-state index contributed by atoms with van der Waals surface area (Å²) in [7, 11) is -1.75. The van der Waals surface area contributed by atoms with Gasteiger partial charge in [0.05, 0.1) is 6.20 Å². The summed E-state index contributed by atoms with van der Waals surface area (Å²) in [6.45, 7) is 13.6. The number of nitrogens with zero attached hydrogens (tertiary/aromatic N) is 4. The molecule has 2 rings (SSSR count). The minimum Gasteiger partial charge on any atom is -0.232 e. The first kappa shape index (κ1) is 21.0. The summed E-state index contributed by atoms with van der Waals surface area (Å²) in [6, 6.07) is 0.916. The van der Waals surface area contributed by atoms with Crippen LogP contribution in [-0.2, 0) is 6.18 Å². The van der Waals surface area contributed by atoms with E-state index in [1.165, 1.54) is 4.68 Å². The average Bonchev–Trinajstić information content (AvgIpc) is 2.99. The summed E-state index contributed by atoms with van der Waals surface area (Å²) < 4.78 is 40.0. The second kappa shape index (κ2) is 7.72. The van der Waals surface area contributed by atoms with Crippen LogP contribution in [0, 0.1) is 0 Å². The number of hydrogen-bond donors (Lipinski definition) is 0. The van der Waals surface area contributed by atoms with E-state index in [-0.39, 0.29) is 5.82 Å². The molecule has 4 nitrogen and oxygen atoms in total. The van der Waals surface area contributed by atoms with E-state index in [1.807, 2.05) is 11.2 Å². The van der Waals surface area contributed by atoms with E-state index in [0.29, 0.717) is 16.6 Å². The molecule has 2 aromatic rings. The van der Waals surface area contributed by atoms with Crippen molar-refractivity contribution in [2.75, 3.05) is 0 Å². The molecule has 2 heterocycles. The van der Waals surface area contributed by atoms with Crippen molar-refractivity contribution < 1.29 is 13.2 Å². The highest BCUT2D eigenvalue weighted by atomic mass is 32.4. The fourth-order valence-corrected chi connectivity index (χ4v) is 12.7. The molecule has 26 heavy (non-hydrogen) atoms. The van der Waals surface area contributed by atoms with E-state index in [0.717, 1.165) is 17.3 Å². The predicted molar refractivity (Wildman–Crippen MR) is 101 cm³/mol. The molecule has 2 aromatic heterocycles. The Bertz CT molecular complexity index is 722. The molecule has 0 amide bonds. The quantitative estimate of drug-likeness (QED) is 0.560. The lowest BCUT2D eigenvalue weighted by Gasteiger charge is -2.41. The fourth-order valence-electron chi connectivity index (χ4n) is 3.67. The summed E-state index contributed by atoms with van der Waals surface area (Å²) in [5, 5.41) is 4.23. The van der Waals surface area contributed by atoms with Crippen molar-refractivity contribution in [1.29, 1.82) is 0 Å². The third-order valence-electron chi connectivity index (χ3n) is 4.74. The van der Waals surface area contributed by atoms with Gasteiger partial charge in [-0.3, -0.25) is 0 Å². The van der Waals surface area contributed by atoms with Gasteiger partial charge in [0, 0.05) is 17.2 Å². The Morgan fingerprint density at radius 1 is 1.00 bits per heavy atom. The van der Waals surface area contributed by atoms with E-state index in [2.05, 4.69) is 56.6 Å². The number of aromatic nitrogens is 4. The maximum Gasteiger partial charge on any atom is 0.433 e. The van der Waals surface area contributed by atoms with Crippen LogP contribution >= 0.6 is 11.2 Å². The van der Waals surface area contributed by atoms with Gasteiger partial charge < -0.3 is 0 Å². The molecule has 0 saturated carbocycles. The Labute approximate surface area is 157 Å². The van der Waals surface area contributed by atoms with Gasteiger partial charge in [-0.1, -0.05) is 41.5 Å². The van der Waals surface area contributed by atoms with E-state index >= 15 is 0 Å². The highest BCUT2D eigenvalue weighted by Gasteiger charge is 2.44.